The molecule has 1 heterocycles. The third-order valence-corrected chi connectivity index (χ3v) is 1.71. The molecule has 72 valence electrons. The van der Waals surface area contributed by atoms with Gasteiger partial charge in [0.15, 0.2) is 0 Å². The van der Waals surface area contributed by atoms with Crippen LogP contribution in [-0.2, 0) is 6.54 Å². The van der Waals surface area contributed by atoms with Gasteiger partial charge in [-0.15, -0.1) is 0 Å². The van der Waals surface area contributed by atoms with E-state index in [1.165, 1.54) is 0 Å². The SMILES string of the molecule is Cc1cc(CNC(C)C)nc(C)n1. The fraction of sp³-hybridized carbons (Fsp3) is 0.600. The second-order valence-corrected chi connectivity index (χ2v) is 3.58. The van der Waals surface area contributed by atoms with Crippen LogP contribution in [0.4, 0.5) is 0 Å². The smallest absolute Gasteiger partial charge is 0.125 e. The summed E-state index contributed by atoms with van der Waals surface area (Å²) in [6, 6.07) is 2.51. The molecule has 0 aliphatic carbocycles. The van der Waals surface area contributed by atoms with E-state index in [0.29, 0.717) is 6.04 Å². The monoisotopic (exact) mass is 179 g/mol. The molecule has 0 aliphatic heterocycles. The molecule has 1 aromatic rings. The zero-order valence-electron chi connectivity index (χ0n) is 8.76. The first-order valence-electron chi connectivity index (χ1n) is 4.62. The van der Waals surface area contributed by atoms with Crippen LogP contribution in [-0.4, -0.2) is 16.0 Å². The predicted octanol–water partition coefficient (Wildman–Crippen LogP) is 1.59. The van der Waals surface area contributed by atoms with Gasteiger partial charge in [0.1, 0.15) is 5.82 Å². The summed E-state index contributed by atoms with van der Waals surface area (Å²) in [5, 5.41) is 3.33. The van der Waals surface area contributed by atoms with E-state index in [9.17, 15) is 0 Å². The Bertz CT molecular complexity index is 261. The maximum atomic E-state index is 4.33. The van der Waals surface area contributed by atoms with Crippen molar-refractivity contribution in [2.24, 2.45) is 0 Å². The largest absolute Gasteiger partial charge is 0.309 e. The molecule has 0 spiro atoms. The van der Waals surface area contributed by atoms with Crippen LogP contribution in [0.3, 0.4) is 0 Å². The average molecular weight is 179 g/mol. The molecule has 0 bridgehead atoms. The molecule has 0 fully saturated rings. The molecule has 0 amide bonds. The van der Waals surface area contributed by atoms with Gasteiger partial charge >= 0.3 is 0 Å². The van der Waals surface area contributed by atoms with E-state index in [1.54, 1.807) is 0 Å². The van der Waals surface area contributed by atoms with E-state index >= 15 is 0 Å². The van der Waals surface area contributed by atoms with E-state index in [-0.39, 0.29) is 0 Å². The van der Waals surface area contributed by atoms with E-state index in [1.807, 2.05) is 19.9 Å². The minimum absolute atomic E-state index is 0.496. The van der Waals surface area contributed by atoms with E-state index in [0.717, 1.165) is 23.8 Å². The highest BCUT2D eigenvalue weighted by molar-refractivity contribution is 5.09. The molecule has 1 N–H and O–H groups in total. The van der Waals surface area contributed by atoms with Crippen molar-refractivity contribution in [3.8, 4) is 0 Å². The third-order valence-electron chi connectivity index (χ3n) is 1.71. The lowest BCUT2D eigenvalue weighted by Gasteiger charge is -2.08. The Morgan fingerprint density at radius 2 is 2.00 bits per heavy atom. The zero-order valence-corrected chi connectivity index (χ0v) is 8.76. The maximum Gasteiger partial charge on any atom is 0.125 e. The highest BCUT2D eigenvalue weighted by Crippen LogP contribution is 1.99. The van der Waals surface area contributed by atoms with Crippen LogP contribution in [0, 0.1) is 13.8 Å². The number of hydrogen-bond donors (Lipinski definition) is 1. The van der Waals surface area contributed by atoms with Crippen molar-refractivity contribution >= 4 is 0 Å². The summed E-state index contributed by atoms with van der Waals surface area (Å²) in [5.74, 6) is 0.848. The quantitative estimate of drug-likeness (QED) is 0.765. The average Bonchev–Trinajstić information content (AvgIpc) is 1.99. The number of nitrogens with one attached hydrogen (secondary N) is 1. The first-order valence-corrected chi connectivity index (χ1v) is 4.62. The van der Waals surface area contributed by atoms with Gasteiger partial charge in [0.05, 0.1) is 5.69 Å². The number of rotatable bonds is 3. The predicted molar refractivity (Wildman–Crippen MR) is 53.5 cm³/mol. The van der Waals surface area contributed by atoms with Crippen molar-refractivity contribution in [3.63, 3.8) is 0 Å². The van der Waals surface area contributed by atoms with Crippen LogP contribution >= 0.6 is 0 Å². The molecule has 3 heteroatoms. The van der Waals surface area contributed by atoms with E-state index in [2.05, 4.69) is 29.1 Å². The molecule has 0 radical (unpaired) electrons. The van der Waals surface area contributed by atoms with Crippen LogP contribution in [0.15, 0.2) is 6.07 Å². The van der Waals surface area contributed by atoms with Crippen LogP contribution in [0.25, 0.3) is 0 Å². The molecule has 1 aromatic heterocycles. The molecular formula is C10H17N3. The van der Waals surface area contributed by atoms with Crippen LogP contribution in [0.1, 0.15) is 31.1 Å². The number of hydrogen-bond acceptors (Lipinski definition) is 3. The molecule has 0 saturated heterocycles. The first-order chi connectivity index (χ1) is 6.08. The summed E-state index contributed by atoms with van der Waals surface area (Å²) >= 11 is 0. The summed E-state index contributed by atoms with van der Waals surface area (Å²) in [6.45, 7) is 8.99. The molecular weight excluding hydrogens is 162 g/mol. The van der Waals surface area contributed by atoms with E-state index < -0.39 is 0 Å². The van der Waals surface area contributed by atoms with Gasteiger partial charge in [0.25, 0.3) is 0 Å². The summed E-state index contributed by atoms with van der Waals surface area (Å²) in [6.07, 6.45) is 0. The Kier molecular flexibility index (Phi) is 3.37. The molecule has 13 heavy (non-hydrogen) atoms. The van der Waals surface area contributed by atoms with Crippen molar-refractivity contribution in [1.82, 2.24) is 15.3 Å². The van der Waals surface area contributed by atoms with Gasteiger partial charge in [-0.25, -0.2) is 9.97 Å². The minimum atomic E-state index is 0.496. The summed E-state index contributed by atoms with van der Waals surface area (Å²) in [7, 11) is 0. The van der Waals surface area contributed by atoms with Crippen LogP contribution < -0.4 is 5.32 Å². The topological polar surface area (TPSA) is 37.8 Å². The lowest BCUT2D eigenvalue weighted by molar-refractivity contribution is 0.579. The lowest BCUT2D eigenvalue weighted by Crippen LogP contribution is -2.22. The fourth-order valence-corrected chi connectivity index (χ4v) is 1.19. The normalized spacial score (nSPS) is 10.8. The second kappa shape index (κ2) is 4.33. The first kappa shape index (κ1) is 10.1. The van der Waals surface area contributed by atoms with Gasteiger partial charge in [0, 0.05) is 18.3 Å². The molecule has 0 aliphatic rings. The molecule has 0 atom stereocenters. The zero-order chi connectivity index (χ0) is 9.84. The number of aryl methyl sites for hydroxylation is 2. The van der Waals surface area contributed by atoms with Crippen molar-refractivity contribution in [1.29, 1.82) is 0 Å². The molecule has 0 unspecified atom stereocenters. The minimum Gasteiger partial charge on any atom is -0.309 e. The summed E-state index contributed by atoms with van der Waals surface area (Å²) in [4.78, 5) is 8.55. The van der Waals surface area contributed by atoms with Crippen molar-refractivity contribution < 1.29 is 0 Å². The summed E-state index contributed by atoms with van der Waals surface area (Å²) in [5.41, 5.74) is 2.10. The van der Waals surface area contributed by atoms with Crippen molar-refractivity contribution in [3.05, 3.63) is 23.3 Å². The van der Waals surface area contributed by atoms with E-state index in [4.69, 9.17) is 0 Å². The van der Waals surface area contributed by atoms with Crippen molar-refractivity contribution in [2.45, 2.75) is 40.3 Å². The second-order valence-electron chi connectivity index (χ2n) is 3.58. The molecule has 1 rings (SSSR count). The molecule has 0 aromatic carbocycles. The van der Waals surface area contributed by atoms with Gasteiger partial charge in [-0.1, -0.05) is 13.8 Å². The third kappa shape index (κ3) is 3.51. The standard InChI is InChI=1S/C10H17N3/c1-7(2)11-6-10-5-8(3)12-9(4)13-10/h5,7,11H,6H2,1-4H3. The Balaban J connectivity index is 2.66. The van der Waals surface area contributed by atoms with Gasteiger partial charge in [-0.3, -0.25) is 0 Å². The van der Waals surface area contributed by atoms with Gasteiger partial charge in [-0.2, -0.15) is 0 Å². The van der Waals surface area contributed by atoms with Crippen LogP contribution in [0.2, 0.25) is 0 Å². The Labute approximate surface area is 79.6 Å². The highest BCUT2D eigenvalue weighted by atomic mass is 14.9. The fourth-order valence-electron chi connectivity index (χ4n) is 1.19. The maximum absolute atomic E-state index is 4.33. The Morgan fingerprint density at radius 1 is 1.31 bits per heavy atom. The lowest BCUT2D eigenvalue weighted by atomic mass is 10.3. The van der Waals surface area contributed by atoms with Crippen LogP contribution in [0.5, 0.6) is 0 Å². The molecule has 3 nitrogen and oxygen atoms in total. The Hall–Kier alpha value is -0.960. The number of aromatic nitrogens is 2. The number of nitrogens with zero attached hydrogens (tertiary/aromatic N) is 2. The highest BCUT2D eigenvalue weighted by Gasteiger charge is 1.99. The van der Waals surface area contributed by atoms with Crippen molar-refractivity contribution in [2.75, 3.05) is 0 Å². The molecule has 0 saturated carbocycles. The summed E-state index contributed by atoms with van der Waals surface area (Å²) < 4.78 is 0. The van der Waals surface area contributed by atoms with Gasteiger partial charge in [0.2, 0.25) is 0 Å². The van der Waals surface area contributed by atoms with Gasteiger partial charge in [-0.05, 0) is 19.9 Å². The Morgan fingerprint density at radius 3 is 2.54 bits per heavy atom. The van der Waals surface area contributed by atoms with Gasteiger partial charge < -0.3 is 5.32 Å².